The molecular weight excluding hydrogens is 286 g/mol. The molecule has 1 aromatic heterocycles. The fourth-order valence-corrected chi connectivity index (χ4v) is 2.44. The monoisotopic (exact) mass is 305 g/mol. The third kappa shape index (κ3) is 5.47. The molecule has 0 radical (unpaired) electrons. The number of nitrogens with zero attached hydrogens (tertiary/aromatic N) is 3. The number of nitrogens with one attached hydrogen (secondary N) is 2. The van der Waals surface area contributed by atoms with Crippen LogP contribution in [0.3, 0.4) is 0 Å². The summed E-state index contributed by atoms with van der Waals surface area (Å²) in [5.74, 6) is 2.88. The number of aromatic nitrogens is 2. The van der Waals surface area contributed by atoms with Crippen molar-refractivity contribution in [2.45, 2.75) is 18.4 Å². The second kappa shape index (κ2) is 8.31. The molecule has 0 aliphatic heterocycles. The maximum absolute atomic E-state index is 4.91. The molecule has 1 aromatic carbocycles. The van der Waals surface area contributed by atoms with Crippen molar-refractivity contribution in [3.63, 3.8) is 0 Å². The van der Waals surface area contributed by atoms with Gasteiger partial charge in [-0.15, -0.1) is 11.8 Å². The van der Waals surface area contributed by atoms with Crippen LogP contribution in [0.2, 0.25) is 0 Å². The van der Waals surface area contributed by atoms with Gasteiger partial charge in [0, 0.05) is 31.2 Å². The van der Waals surface area contributed by atoms with E-state index in [4.69, 9.17) is 4.52 Å². The van der Waals surface area contributed by atoms with Crippen LogP contribution in [0.1, 0.15) is 11.7 Å². The van der Waals surface area contributed by atoms with Gasteiger partial charge in [-0.3, -0.25) is 4.99 Å². The molecule has 0 saturated carbocycles. The maximum atomic E-state index is 4.91. The lowest BCUT2D eigenvalue weighted by Gasteiger charge is -2.10. The second-order valence-corrected chi connectivity index (χ2v) is 5.41. The first-order valence-corrected chi connectivity index (χ1v) is 7.68. The van der Waals surface area contributed by atoms with Gasteiger partial charge in [-0.2, -0.15) is 4.98 Å². The van der Waals surface area contributed by atoms with Crippen molar-refractivity contribution in [2.75, 3.05) is 19.3 Å². The van der Waals surface area contributed by atoms with Crippen LogP contribution in [0.15, 0.2) is 44.7 Å². The molecule has 2 aromatic rings. The highest BCUT2D eigenvalue weighted by molar-refractivity contribution is 7.99. The first kappa shape index (κ1) is 15.4. The van der Waals surface area contributed by atoms with E-state index in [9.17, 15) is 0 Å². The number of hydrogen-bond acceptors (Lipinski definition) is 5. The summed E-state index contributed by atoms with van der Waals surface area (Å²) in [5, 5.41) is 10.2. The number of rotatable bonds is 6. The topological polar surface area (TPSA) is 75.3 Å². The summed E-state index contributed by atoms with van der Waals surface area (Å²) >= 11 is 1.81. The first-order valence-electron chi connectivity index (χ1n) is 6.69. The lowest BCUT2D eigenvalue weighted by molar-refractivity contribution is 0.387. The zero-order valence-corrected chi connectivity index (χ0v) is 13.0. The third-order valence-corrected chi connectivity index (χ3v) is 3.63. The van der Waals surface area contributed by atoms with Crippen molar-refractivity contribution in [2.24, 2.45) is 4.99 Å². The number of thioether (sulfide) groups is 1. The number of benzene rings is 1. The van der Waals surface area contributed by atoms with E-state index in [2.05, 4.69) is 37.9 Å². The molecule has 112 valence electrons. The predicted octanol–water partition coefficient (Wildman–Crippen LogP) is 1.84. The molecule has 7 heteroatoms. The minimum atomic E-state index is 0.489. The van der Waals surface area contributed by atoms with E-state index in [1.807, 2.05) is 18.2 Å². The molecule has 0 amide bonds. The molecule has 0 aliphatic rings. The average molecular weight is 305 g/mol. The molecule has 21 heavy (non-hydrogen) atoms. The number of aliphatic imine (C=N–C) groups is 1. The molecule has 6 nitrogen and oxygen atoms in total. The Balaban J connectivity index is 1.66. The van der Waals surface area contributed by atoms with Crippen LogP contribution in [-0.4, -0.2) is 35.4 Å². The Morgan fingerprint density at radius 1 is 1.29 bits per heavy atom. The first-order chi connectivity index (χ1) is 10.3. The number of guanidine groups is 1. The molecular formula is C14H19N5OS. The van der Waals surface area contributed by atoms with Gasteiger partial charge in [0.05, 0.1) is 6.54 Å². The molecule has 0 spiro atoms. The molecule has 1 heterocycles. The predicted molar refractivity (Wildman–Crippen MR) is 84.4 cm³/mol. The van der Waals surface area contributed by atoms with E-state index in [1.165, 1.54) is 4.90 Å². The van der Waals surface area contributed by atoms with Crippen LogP contribution in [0, 0.1) is 6.92 Å². The summed E-state index contributed by atoms with van der Waals surface area (Å²) in [5.41, 5.74) is 0. The van der Waals surface area contributed by atoms with Crippen molar-refractivity contribution >= 4 is 17.7 Å². The van der Waals surface area contributed by atoms with Crippen LogP contribution in [-0.2, 0) is 6.54 Å². The van der Waals surface area contributed by atoms with Gasteiger partial charge < -0.3 is 15.2 Å². The molecule has 0 aliphatic carbocycles. The fourth-order valence-electron chi connectivity index (χ4n) is 1.65. The van der Waals surface area contributed by atoms with Crippen LogP contribution >= 0.6 is 11.8 Å². The summed E-state index contributed by atoms with van der Waals surface area (Å²) < 4.78 is 4.91. The molecule has 2 N–H and O–H groups in total. The second-order valence-electron chi connectivity index (χ2n) is 4.24. The van der Waals surface area contributed by atoms with Crippen molar-refractivity contribution in [3.8, 4) is 0 Å². The summed E-state index contributed by atoms with van der Waals surface area (Å²) in [6.45, 7) is 3.08. The van der Waals surface area contributed by atoms with Crippen LogP contribution in [0.25, 0.3) is 0 Å². The number of aryl methyl sites for hydroxylation is 1. The van der Waals surface area contributed by atoms with Gasteiger partial charge in [0.2, 0.25) is 5.89 Å². The zero-order valence-electron chi connectivity index (χ0n) is 12.2. The van der Waals surface area contributed by atoms with Gasteiger partial charge in [-0.05, 0) is 12.1 Å². The maximum Gasteiger partial charge on any atom is 0.223 e. The standard InChI is InChI=1S/C14H19N5OS/c1-11-18-13(19-20-11)10-17-14(15-2)16-8-9-21-12-6-4-3-5-7-12/h3-7H,8-10H2,1-2H3,(H2,15,16,17). The summed E-state index contributed by atoms with van der Waals surface area (Å²) in [6, 6.07) is 10.3. The Morgan fingerprint density at radius 3 is 2.76 bits per heavy atom. The Labute approximate surface area is 128 Å². The largest absolute Gasteiger partial charge is 0.356 e. The van der Waals surface area contributed by atoms with Gasteiger partial charge in [0.15, 0.2) is 11.8 Å². The molecule has 0 fully saturated rings. The van der Waals surface area contributed by atoms with E-state index in [0.717, 1.165) is 18.3 Å². The summed E-state index contributed by atoms with van der Waals surface area (Å²) in [6.07, 6.45) is 0. The minimum absolute atomic E-state index is 0.489. The Hall–Kier alpha value is -2.02. The van der Waals surface area contributed by atoms with Crippen molar-refractivity contribution in [1.29, 1.82) is 0 Å². The van der Waals surface area contributed by atoms with Gasteiger partial charge in [0.25, 0.3) is 0 Å². The fraction of sp³-hybridized carbons (Fsp3) is 0.357. The van der Waals surface area contributed by atoms with Crippen LogP contribution in [0.4, 0.5) is 0 Å². The minimum Gasteiger partial charge on any atom is -0.356 e. The van der Waals surface area contributed by atoms with Gasteiger partial charge in [-0.25, -0.2) is 0 Å². The van der Waals surface area contributed by atoms with Crippen molar-refractivity contribution in [1.82, 2.24) is 20.8 Å². The smallest absolute Gasteiger partial charge is 0.223 e. The third-order valence-electron chi connectivity index (χ3n) is 2.61. The molecule has 0 bridgehead atoms. The van der Waals surface area contributed by atoms with E-state index in [-0.39, 0.29) is 0 Å². The highest BCUT2D eigenvalue weighted by Crippen LogP contribution is 2.15. The zero-order chi connectivity index (χ0) is 14.9. The van der Waals surface area contributed by atoms with E-state index < -0.39 is 0 Å². The van der Waals surface area contributed by atoms with Crippen LogP contribution < -0.4 is 10.6 Å². The highest BCUT2D eigenvalue weighted by atomic mass is 32.2. The Bertz CT molecular complexity index is 570. The Kier molecular flexibility index (Phi) is 6.08. The Morgan fingerprint density at radius 2 is 2.10 bits per heavy atom. The molecule has 0 atom stereocenters. The van der Waals surface area contributed by atoms with Gasteiger partial charge in [-0.1, -0.05) is 23.4 Å². The molecule has 0 unspecified atom stereocenters. The van der Waals surface area contributed by atoms with E-state index in [0.29, 0.717) is 18.3 Å². The SMILES string of the molecule is CN=C(NCCSc1ccccc1)NCc1noc(C)n1. The highest BCUT2D eigenvalue weighted by Gasteiger charge is 2.03. The normalized spacial score (nSPS) is 11.4. The average Bonchev–Trinajstić information content (AvgIpc) is 2.93. The lowest BCUT2D eigenvalue weighted by atomic mass is 10.4. The summed E-state index contributed by atoms with van der Waals surface area (Å²) in [4.78, 5) is 9.55. The number of hydrogen-bond donors (Lipinski definition) is 2. The quantitative estimate of drug-likeness (QED) is 0.367. The van der Waals surface area contributed by atoms with Crippen molar-refractivity contribution < 1.29 is 4.52 Å². The van der Waals surface area contributed by atoms with Gasteiger partial charge >= 0.3 is 0 Å². The van der Waals surface area contributed by atoms with E-state index >= 15 is 0 Å². The summed E-state index contributed by atoms with van der Waals surface area (Å²) in [7, 11) is 1.74. The van der Waals surface area contributed by atoms with E-state index in [1.54, 1.807) is 25.7 Å². The molecule has 2 rings (SSSR count). The lowest BCUT2D eigenvalue weighted by Crippen LogP contribution is -2.38. The van der Waals surface area contributed by atoms with Crippen molar-refractivity contribution in [3.05, 3.63) is 42.0 Å². The van der Waals surface area contributed by atoms with Crippen LogP contribution in [0.5, 0.6) is 0 Å². The molecule has 0 saturated heterocycles. The van der Waals surface area contributed by atoms with Gasteiger partial charge in [0.1, 0.15) is 0 Å².